The normalized spacial score (nSPS) is 11.3. The van der Waals surface area contributed by atoms with Crippen molar-refractivity contribution in [3.05, 3.63) is 193 Å². The zero-order chi connectivity index (χ0) is 35.0. The molecule has 7 aromatic carbocycles. The number of hydrogen-bond acceptors (Lipinski definition) is 2. The molecule has 0 amide bonds. The van der Waals surface area contributed by atoms with Gasteiger partial charge in [0, 0.05) is 28.1 Å². The van der Waals surface area contributed by atoms with Crippen molar-refractivity contribution in [1.82, 2.24) is 9.97 Å². The van der Waals surface area contributed by atoms with E-state index in [1.54, 1.807) is 0 Å². The first-order chi connectivity index (χ1) is 25.6. The van der Waals surface area contributed by atoms with Gasteiger partial charge in [-0.1, -0.05) is 133 Å². The van der Waals surface area contributed by atoms with E-state index in [-0.39, 0.29) is 0 Å². The van der Waals surface area contributed by atoms with Crippen molar-refractivity contribution in [2.24, 2.45) is 0 Å². The van der Waals surface area contributed by atoms with Gasteiger partial charge in [0.25, 0.3) is 0 Å². The van der Waals surface area contributed by atoms with Gasteiger partial charge in [0.2, 0.25) is 0 Å². The van der Waals surface area contributed by atoms with Crippen LogP contribution in [0.15, 0.2) is 182 Å². The van der Waals surface area contributed by atoms with E-state index >= 15 is 0 Å². The number of pyridine rings is 2. The van der Waals surface area contributed by atoms with Crippen LogP contribution < -0.4 is 0 Å². The maximum atomic E-state index is 5.38. The molecule has 52 heavy (non-hydrogen) atoms. The number of benzene rings is 7. The molecule has 0 aliphatic heterocycles. The average Bonchev–Trinajstić information content (AvgIpc) is 3.21. The lowest BCUT2D eigenvalue weighted by atomic mass is 9.89. The van der Waals surface area contributed by atoms with E-state index in [1.807, 2.05) is 6.92 Å². The molecule has 2 heterocycles. The Bertz CT molecular complexity index is 2750. The number of rotatable bonds is 6. The van der Waals surface area contributed by atoms with Crippen LogP contribution in [0.5, 0.6) is 0 Å². The van der Waals surface area contributed by atoms with E-state index in [2.05, 4.69) is 189 Å². The van der Waals surface area contributed by atoms with Crippen molar-refractivity contribution in [3.8, 4) is 67.0 Å². The Labute approximate surface area is 304 Å². The summed E-state index contributed by atoms with van der Waals surface area (Å²) in [6.07, 6.45) is 0. The first-order valence-electron chi connectivity index (χ1n) is 17.8. The smallest absolute Gasteiger partial charge is 0.0716 e. The van der Waals surface area contributed by atoms with Gasteiger partial charge in [0.05, 0.1) is 11.4 Å². The summed E-state index contributed by atoms with van der Waals surface area (Å²) in [4.78, 5) is 10.3. The van der Waals surface area contributed by atoms with Gasteiger partial charge < -0.3 is 0 Å². The number of aromatic nitrogens is 2. The molecule has 9 aromatic rings. The summed E-state index contributed by atoms with van der Waals surface area (Å²) < 4.78 is 0. The third kappa shape index (κ3) is 5.95. The monoisotopic (exact) mass is 664 g/mol. The van der Waals surface area contributed by atoms with Crippen molar-refractivity contribution >= 4 is 21.5 Å². The average molecular weight is 665 g/mol. The Morgan fingerprint density at radius 3 is 1.58 bits per heavy atom. The molecule has 0 spiro atoms. The summed E-state index contributed by atoms with van der Waals surface area (Å²) in [7, 11) is 0. The molecule has 0 fully saturated rings. The van der Waals surface area contributed by atoms with Crippen molar-refractivity contribution in [1.29, 1.82) is 0 Å². The molecule has 0 aliphatic rings. The molecule has 0 N–H and O–H groups in total. The summed E-state index contributed by atoms with van der Waals surface area (Å²) in [5.41, 5.74) is 15.3. The topological polar surface area (TPSA) is 25.8 Å². The standard InChI is InChI=1S/C50H36N2/c1-33-24-25-44(34(2)51-33)41-27-42(48-30-39-18-9-10-21-45(39)46-22-11-12-23-47(46)48)29-43(28-41)50-32-40(31-49(52-50)36-16-7-4-8-17-36)38-20-13-19-37(26-38)35-14-5-3-6-15-35/h3-32H,1-2H3. The Morgan fingerprint density at radius 1 is 0.308 bits per heavy atom. The first kappa shape index (κ1) is 31.3. The quantitative estimate of drug-likeness (QED) is 0.165. The van der Waals surface area contributed by atoms with Gasteiger partial charge >= 0.3 is 0 Å². The minimum atomic E-state index is 0.924. The van der Waals surface area contributed by atoms with E-state index in [1.165, 1.54) is 38.2 Å². The Kier molecular flexibility index (Phi) is 7.98. The minimum Gasteiger partial charge on any atom is -0.258 e. The largest absolute Gasteiger partial charge is 0.258 e. The first-order valence-corrected chi connectivity index (χ1v) is 17.8. The summed E-state index contributed by atoms with van der Waals surface area (Å²) in [5, 5.41) is 4.96. The highest BCUT2D eigenvalue weighted by Crippen LogP contribution is 2.40. The van der Waals surface area contributed by atoms with E-state index < -0.39 is 0 Å². The van der Waals surface area contributed by atoms with Gasteiger partial charge in [-0.3, -0.25) is 4.98 Å². The fraction of sp³-hybridized carbons (Fsp3) is 0.0400. The zero-order valence-corrected chi connectivity index (χ0v) is 29.2. The van der Waals surface area contributed by atoms with Gasteiger partial charge in [-0.15, -0.1) is 0 Å². The second kappa shape index (κ2) is 13.2. The van der Waals surface area contributed by atoms with Gasteiger partial charge in [-0.25, -0.2) is 4.98 Å². The maximum absolute atomic E-state index is 5.38. The highest BCUT2D eigenvalue weighted by atomic mass is 14.7. The third-order valence-electron chi connectivity index (χ3n) is 10.0. The molecule has 246 valence electrons. The summed E-state index contributed by atoms with van der Waals surface area (Å²) in [6, 6.07) is 65.4. The van der Waals surface area contributed by atoms with Crippen LogP contribution in [0.4, 0.5) is 0 Å². The lowest BCUT2D eigenvalue weighted by molar-refractivity contribution is 1.13. The predicted molar refractivity (Wildman–Crippen MR) is 219 cm³/mol. The Morgan fingerprint density at radius 2 is 0.846 bits per heavy atom. The van der Waals surface area contributed by atoms with Crippen LogP contribution in [0.2, 0.25) is 0 Å². The molecular formula is C50H36N2. The van der Waals surface area contributed by atoms with Crippen LogP contribution in [-0.2, 0) is 0 Å². The summed E-state index contributed by atoms with van der Waals surface area (Å²) in [6.45, 7) is 4.15. The van der Waals surface area contributed by atoms with Crippen molar-refractivity contribution < 1.29 is 0 Å². The predicted octanol–water partition coefficient (Wildman–Crippen LogP) is 13.4. The fourth-order valence-corrected chi connectivity index (χ4v) is 7.48. The van der Waals surface area contributed by atoms with Gasteiger partial charge in [-0.2, -0.15) is 0 Å². The lowest BCUT2D eigenvalue weighted by Gasteiger charge is -2.16. The summed E-state index contributed by atoms with van der Waals surface area (Å²) >= 11 is 0. The van der Waals surface area contributed by atoms with Crippen LogP contribution in [0.3, 0.4) is 0 Å². The second-order valence-corrected chi connectivity index (χ2v) is 13.5. The molecule has 0 bridgehead atoms. The molecule has 0 aliphatic carbocycles. The SMILES string of the molecule is Cc1ccc(-c2cc(-c3cc(-c4cccc(-c5ccccc5)c4)cc(-c4ccccc4)n3)cc(-c3cc4ccccc4c4ccccc34)c2)c(C)n1. The van der Waals surface area contributed by atoms with Crippen LogP contribution in [0, 0.1) is 13.8 Å². The number of fused-ring (bicyclic) bond motifs is 3. The van der Waals surface area contributed by atoms with Crippen molar-refractivity contribution in [2.75, 3.05) is 0 Å². The van der Waals surface area contributed by atoms with Crippen LogP contribution in [0.1, 0.15) is 11.4 Å². The van der Waals surface area contributed by atoms with Crippen LogP contribution >= 0.6 is 0 Å². The van der Waals surface area contributed by atoms with E-state index in [9.17, 15) is 0 Å². The van der Waals surface area contributed by atoms with Crippen LogP contribution in [0.25, 0.3) is 88.6 Å². The molecule has 2 nitrogen and oxygen atoms in total. The zero-order valence-electron chi connectivity index (χ0n) is 29.2. The molecule has 2 heteroatoms. The van der Waals surface area contributed by atoms with Gasteiger partial charge in [0.1, 0.15) is 0 Å². The third-order valence-corrected chi connectivity index (χ3v) is 10.0. The highest BCUT2D eigenvalue weighted by Gasteiger charge is 2.16. The summed E-state index contributed by atoms with van der Waals surface area (Å²) in [5.74, 6) is 0. The van der Waals surface area contributed by atoms with Crippen LogP contribution in [-0.4, -0.2) is 9.97 Å². The number of aryl methyl sites for hydroxylation is 2. The molecular weight excluding hydrogens is 629 g/mol. The van der Waals surface area contributed by atoms with E-state index in [0.29, 0.717) is 0 Å². The molecule has 0 unspecified atom stereocenters. The number of hydrogen-bond donors (Lipinski definition) is 0. The van der Waals surface area contributed by atoms with Gasteiger partial charge in [-0.05, 0) is 123 Å². The molecule has 0 atom stereocenters. The Balaban J connectivity index is 1.30. The highest BCUT2D eigenvalue weighted by molar-refractivity contribution is 6.14. The minimum absolute atomic E-state index is 0.924. The molecule has 0 saturated heterocycles. The number of nitrogens with zero attached hydrogens (tertiary/aromatic N) is 2. The van der Waals surface area contributed by atoms with Crippen molar-refractivity contribution in [3.63, 3.8) is 0 Å². The molecule has 0 saturated carbocycles. The molecule has 0 radical (unpaired) electrons. The lowest BCUT2D eigenvalue weighted by Crippen LogP contribution is -1.95. The Hall–Kier alpha value is -6.64. The fourth-order valence-electron chi connectivity index (χ4n) is 7.48. The maximum Gasteiger partial charge on any atom is 0.0716 e. The van der Waals surface area contributed by atoms with E-state index in [4.69, 9.17) is 9.97 Å². The molecule has 2 aromatic heterocycles. The van der Waals surface area contributed by atoms with Crippen molar-refractivity contribution in [2.45, 2.75) is 13.8 Å². The second-order valence-electron chi connectivity index (χ2n) is 13.5. The molecule has 9 rings (SSSR count). The van der Waals surface area contributed by atoms with Gasteiger partial charge in [0.15, 0.2) is 0 Å². The van der Waals surface area contributed by atoms with E-state index in [0.717, 1.165) is 61.7 Å².